The highest BCUT2D eigenvalue weighted by molar-refractivity contribution is 5.69. The van der Waals surface area contributed by atoms with E-state index in [1.54, 1.807) is 0 Å². The second kappa shape index (κ2) is 17.5. The van der Waals surface area contributed by atoms with Crippen LogP contribution in [0.2, 0.25) is 0 Å². The molecule has 0 amide bonds. The van der Waals surface area contributed by atoms with Crippen LogP contribution in [0.15, 0.2) is 0 Å². The van der Waals surface area contributed by atoms with E-state index >= 15 is 0 Å². The zero-order valence-corrected chi connectivity index (χ0v) is 18.5. The molecule has 0 N–H and O–H groups in total. The summed E-state index contributed by atoms with van der Waals surface area (Å²) in [5, 5.41) is 0. The molecule has 160 valence electrons. The van der Waals surface area contributed by atoms with Crippen molar-refractivity contribution >= 4 is 5.97 Å². The zero-order chi connectivity index (χ0) is 19.6. The van der Waals surface area contributed by atoms with Gasteiger partial charge in [-0.25, -0.2) is 0 Å². The third-order valence-corrected chi connectivity index (χ3v) is 5.97. The van der Waals surface area contributed by atoms with Gasteiger partial charge in [0.25, 0.3) is 0 Å². The van der Waals surface area contributed by atoms with Crippen molar-refractivity contribution in [2.75, 3.05) is 26.2 Å². The van der Waals surface area contributed by atoms with Crippen molar-refractivity contribution in [1.82, 2.24) is 4.90 Å². The van der Waals surface area contributed by atoms with Gasteiger partial charge >= 0.3 is 5.97 Å². The van der Waals surface area contributed by atoms with Crippen LogP contribution in [0, 0.1) is 5.92 Å². The van der Waals surface area contributed by atoms with Crippen LogP contribution in [0.5, 0.6) is 0 Å². The number of esters is 1. The lowest BCUT2D eigenvalue weighted by molar-refractivity contribution is -0.145. The lowest BCUT2D eigenvalue weighted by Crippen LogP contribution is -2.21. The smallest absolute Gasteiger partial charge is 0.305 e. The van der Waals surface area contributed by atoms with Crippen LogP contribution in [0.1, 0.15) is 117 Å². The Hall–Kier alpha value is -0.570. The van der Waals surface area contributed by atoms with Gasteiger partial charge in [-0.05, 0) is 57.7 Å². The number of carbonyl (C=O) groups excluding carboxylic acids is 1. The Morgan fingerprint density at radius 3 is 2.00 bits per heavy atom. The summed E-state index contributed by atoms with van der Waals surface area (Å²) in [6.45, 7) is 8.68. The van der Waals surface area contributed by atoms with Gasteiger partial charge in [0.2, 0.25) is 0 Å². The fourth-order valence-corrected chi connectivity index (χ4v) is 4.12. The number of nitrogens with zero attached hydrogens (tertiary/aromatic N) is 1. The SMILES string of the molecule is CCCCCCCCC(CCCCCC)COC(=O)CCCN1CCCC1. The predicted octanol–water partition coefficient (Wildman–Crippen LogP) is 6.74. The average molecular weight is 382 g/mol. The maximum Gasteiger partial charge on any atom is 0.305 e. The van der Waals surface area contributed by atoms with E-state index in [-0.39, 0.29) is 5.97 Å². The van der Waals surface area contributed by atoms with Gasteiger partial charge in [-0.2, -0.15) is 0 Å². The molecular formula is C24H47NO2. The van der Waals surface area contributed by atoms with Crippen LogP contribution in [0.3, 0.4) is 0 Å². The molecule has 0 aliphatic carbocycles. The fraction of sp³-hybridized carbons (Fsp3) is 0.958. The van der Waals surface area contributed by atoms with Gasteiger partial charge in [0.15, 0.2) is 0 Å². The van der Waals surface area contributed by atoms with E-state index in [0.717, 1.165) is 13.0 Å². The molecular weight excluding hydrogens is 334 g/mol. The first-order chi connectivity index (χ1) is 13.3. The van der Waals surface area contributed by atoms with E-state index < -0.39 is 0 Å². The number of rotatable bonds is 18. The van der Waals surface area contributed by atoms with E-state index in [0.29, 0.717) is 18.9 Å². The van der Waals surface area contributed by atoms with E-state index in [1.807, 2.05) is 0 Å². The number of likely N-dealkylation sites (tertiary alicyclic amines) is 1. The molecule has 0 spiro atoms. The molecule has 1 aliphatic rings. The van der Waals surface area contributed by atoms with Crippen molar-refractivity contribution in [3.63, 3.8) is 0 Å². The Kier molecular flexibility index (Phi) is 15.9. The van der Waals surface area contributed by atoms with Gasteiger partial charge in [0.05, 0.1) is 6.61 Å². The van der Waals surface area contributed by atoms with Gasteiger partial charge in [0, 0.05) is 6.42 Å². The Bertz CT molecular complexity index is 339. The molecule has 0 bridgehead atoms. The summed E-state index contributed by atoms with van der Waals surface area (Å²) in [5.74, 6) is 0.603. The summed E-state index contributed by atoms with van der Waals surface area (Å²) in [6, 6.07) is 0. The minimum atomic E-state index is 0.0238. The summed E-state index contributed by atoms with van der Waals surface area (Å²) in [4.78, 5) is 14.6. The Balaban J connectivity index is 2.15. The molecule has 3 heteroatoms. The maximum absolute atomic E-state index is 12.1. The average Bonchev–Trinajstić information content (AvgIpc) is 3.18. The molecule has 1 unspecified atom stereocenters. The van der Waals surface area contributed by atoms with Crippen LogP contribution >= 0.6 is 0 Å². The third-order valence-electron chi connectivity index (χ3n) is 5.97. The van der Waals surface area contributed by atoms with Crippen molar-refractivity contribution in [3.05, 3.63) is 0 Å². The van der Waals surface area contributed by atoms with Gasteiger partial charge < -0.3 is 9.64 Å². The highest BCUT2D eigenvalue weighted by Crippen LogP contribution is 2.20. The molecule has 1 rings (SSSR count). The first-order valence-corrected chi connectivity index (χ1v) is 12.1. The van der Waals surface area contributed by atoms with Crippen LogP contribution in [-0.2, 0) is 9.53 Å². The van der Waals surface area contributed by atoms with Crippen LogP contribution in [0.4, 0.5) is 0 Å². The summed E-state index contributed by atoms with van der Waals surface area (Å²) < 4.78 is 5.66. The van der Waals surface area contributed by atoms with Gasteiger partial charge in [-0.3, -0.25) is 4.79 Å². The molecule has 0 aromatic heterocycles. The standard InChI is InChI=1S/C24H47NO2/c1-3-5-7-9-10-12-17-23(16-11-8-6-4-2)22-27-24(26)18-15-21-25-19-13-14-20-25/h23H,3-22H2,1-2H3. The number of hydrogen-bond acceptors (Lipinski definition) is 3. The second-order valence-electron chi connectivity index (χ2n) is 8.61. The van der Waals surface area contributed by atoms with Crippen molar-refractivity contribution in [3.8, 4) is 0 Å². The minimum absolute atomic E-state index is 0.0238. The molecule has 0 radical (unpaired) electrons. The zero-order valence-electron chi connectivity index (χ0n) is 18.5. The van der Waals surface area contributed by atoms with Gasteiger partial charge in [-0.15, -0.1) is 0 Å². The lowest BCUT2D eigenvalue weighted by Gasteiger charge is -2.18. The van der Waals surface area contributed by atoms with E-state index in [1.165, 1.54) is 103 Å². The van der Waals surface area contributed by atoms with Crippen molar-refractivity contribution in [2.24, 2.45) is 5.92 Å². The van der Waals surface area contributed by atoms with Crippen LogP contribution in [-0.4, -0.2) is 37.1 Å². The molecule has 0 aromatic carbocycles. The van der Waals surface area contributed by atoms with E-state index in [9.17, 15) is 4.79 Å². The second-order valence-corrected chi connectivity index (χ2v) is 8.61. The molecule has 1 fully saturated rings. The molecule has 27 heavy (non-hydrogen) atoms. The molecule has 0 aromatic rings. The lowest BCUT2D eigenvalue weighted by atomic mass is 9.95. The van der Waals surface area contributed by atoms with Gasteiger partial charge in [-0.1, -0.05) is 78.1 Å². The predicted molar refractivity (Wildman–Crippen MR) is 116 cm³/mol. The third kappa shape index (κ3) is 14.1. The molecule has 1 aliphatic heterocycles. The first kappa shape index (κ1) is 24.5. The first-order valence-electron chi connectivity index (χ1n) is 12.1. The molecule has 3 nitrogen and oxygen atoms in total. The monoisotopic (exact) mass is 381 g/mol. The summed E-state index contributed by atoms with van der Waals surface area (Å²) in [6.07, 6.45) is 20.0. The van der Waals surface area contributed by atoms with Crippen molar-refractivity contribution < 1.29 is 9.53 Å². The van der Waals surface area contributed by atoms with Crippen molar-refractivity contribution in [2.45, 2.75) is 117 Å². The Labute approximate surface area is 169 Å². The fourth-order valence-electron chi connectivity index (χ4n) is 4.12. The normalized spacial score (nSPS) is 15.9. The van der Waals surface area contributed by atoms with Crippen LogP contribution < -0.4 is 0 Å². The minimum Gasteiger partial charge on any atom is -0.465 e. The quantitative estimate of drug-likeness (QED) is 0.194. The number of ether oxygens (including phenoxy) is 1. The Morgan fingerprint density at radius 1 is 0.815 bits per heavy atom. The Morgan fingerprint density at radius 2 is 1.37 bits per heavy atom. The van der Waals surface area contributed by atoms with Gasteiger partial charge in [0.1, 0.15) is 0 Å². The summed E-state index contributed by atoms with van der Waals surface area (Å²) in [5.41, 5.74) is 0. The van der Waals surface area contributed by atoms with E-state index in [2.05, 4.69) is 18.7 Å². The summed E-state index contributed by atoms with van der Waals surface area (Å²) >= 11 is 0. The van der Waals surface area contributed by atoms with Crippen molar-refractivity contribution in [1.29, 1.82) is 0 Å². The largest absolute Gasteiger partial charge is 0.465 e. The van der Waals surface area contributed by atoms with E-state index in [4.69, 9.17) is 4.74 Å². The highest BCUT2D eigenvalue weighted by Gasteiger charge is 2.14. The number of hydrogen-bond donors (Lipinski definition) is 0. The molecule has 1 saturated heterocycles. The summed E-state index contributed by atoms with van der Waals surface area (Å²) in [7, 11) is 0. The van der Waals surface area contributed by atoms with Crippen LogP contribution in [0.25, 0.3) is 0 Å². The number of unbranched alkanes of at least 4 members (excludes halogenated alkanes) is 8. The number of carbonyl (C=O) groups is 1. The molecule has 1 heterocycles. The highest BCUT2D eigenvalue weighted by atomic mass is 16.5. The molecule has 1 atom stereocenters. The topological polar surface area (TPSA) is 29.5 Å². The molecule has 0 saturated carbocycles. The maximum atomic E-state index is 12.1.